The maximum Gasteiger partial charge on any atom is 0.456 e. The van der Waals surface area contributed by atoms with Gasteiger partial charge in [-0.2, -0.15) is 22.0 Å². The van der Waals surface area contributed by atoms with Crippen molar-refractivity contribution in [3.05, 3.63) is 0 Å². The van der Waals surface area contributed by atoms with Crippen molar-refractivity contribution in [2.24, 2.45) is 16.2 Å². The molecule has 0 aliphatic rings. The fourth-order valence-corrected chi connectivity index (χ4v) is 2.44. The van der Waals surface area contributed by atoms with E-state index in [1.165, 1.54) is 0 Å². The third-order valence-corrected chi connectivity index (χ3v) is 5.26. The van der Waals surface area contributed by atoms with Crippen LogP contribution in [0.2, 0.25) is 0 Å². The van der Waals surface area contributed by atoms with Gasteiger partial charge in [-0.25, -0.2) is 0 Å². The van der Waals surface area contributed by atoms with Crippen LogP contribution in [-0.2, 0) is 19.1 Å². The fourth-order valence-electron chi connectivity index (χ4n) is 2.44. The number of ether oxygens (including phenoxy) is 2. The SMILES string of the molecule is CCC(C)(C)CC(C)(C(=O)OCCC(=O)OCC(F)(F)C(F)(F)F)C(C)(C)C. The summed E-state index contributed by atoms with van der Waals surface area (Å²) >= 11 is 0. The summed E-state index contributed by atoms with van der Waals surface area (Å²) in [7, 11) is 0. The van der Waals surface area contributed by atoms with Gasteiger partial charge in [-0.1, -0.05) is 48.0 Å². The van der Waals surface area contributed by atoms with Crippen LogP contribution in [0.1, 0.15) is 67.7 Å². The van der Waals surface area contributed by atoms with E-state index in [-0.39, 0.29) is 5.41 Å². The van der Waals surface area contributed by atoms with Gasteiger partial charge in [-0.15, -0.1) is 0 Å². The van der Waals surface area contributed by atoms with E-state index in [0.29, 0.717) is 6.42 Å². The predicted octanol–water partition coefficient (Wildman–Crippen LogP) is 5.54. The van der Waals surface area contributed by atoms with Crippen LogP contribution in [0.25, 0.3) is 0 Å². The third-order valence-electron chi connectivity index (χ3n) is 5.26. The van der Waals surface area contributed by atoms with Gasteiger partial charge in [0.15, 0.2) is 6.61 Å². The van der Waals surface area contributed by atoms with Gasteiger partial charge < -0.3 is 9.47 Å². The number of esters is 2. The molecule has 28 heavy (non-hydrogen) atoms. The smallest absolute Gasteiger partial charge is 0.456 e. The standard InChI is InChI=1S/C19H31F5O4/c1-8-16(5,6)11-17(7,15(2,3)4)14(26)27-10-9-13(25)28-12-18(20,21)19(22,23)24/h8-12H2,1-7H3. The number of rotatable bonds is 9. The lowest BCUT2D eigenvalue weighted by Crippen LogP contribution is -2.45. The molecule has 4 nitrogen and oxygen atoms in total. The van der Waals surface area contributed by atoms with Crippen molar-refractivity contribution in [2.45, 2.75) is 79.8 Å². The minimum atomic E-state index is -5.81. The fraction of sp³-hybridized carbons (Fsp3) is 0.895. The molecule has 0 N–H and O–H groups in total. The predicted molar refractivity (Wildman–Crippen MR) is 93.8 cm³/mol. The summed E-state index contributed by atoms with van der Waals surface area (Å²) in [5.74, 6) is -6.99. The van der Waals surface area contributed by atoms with Crippen LogP contribution in [0.15, 0.2) is 0 Å². The second-order valence-corrected chi connectivity index (χ2v) is 9.03. The summed E-state index contributed by atoms with van der Waals surface area (Å²) in [5, 5.41) is 0. The van der Waals surface area contributed by atoms with Crippen LogP contribution >= 0.6 is 0 Å². The third kappa shape index (κ3) is 7.20. The Morgan fingerprint density at radius 3 is 1.75 bits per heavy atom. The highest BCUT2D eigenvalue weighted by molar-refractivity contribution is 5.78. The van der Waals surface area contributed by atoms with Crippen LogP contribution in [0.5, 0.6) is 0 Å². The van der Waals surface area contributed by atoms with E-state index in [0.717, 1.165) is 6.42 Å². The van der Waals surface area contributed by atoms with Gasteiger partial charge >= 0.3 is 24.0 Å². The Morgan fingerprint density at radius 1 is 0.857 bits per heavy atom. The average Bonchev–Trinajstić information content (AvgIpc) is 2.50. The molecule has 9 heteroatoms. The van der Waals surface area contributed by atoms with Crippen molar-refractivity contribution in [3.63, 3.8) is 0 Å². The van der Waals surface area contributed by atoms with Crippen LogP contribution in [0, 0.1) is 16.2 Å². The lowest BCUT2D eigenvalue weighted by atomic mass is 9.60. The van der Waals surface area contributed by atoms with E-state index in [2.05, 4.69) is 4.74 Å². The van der Waals surface area contributed by atoms with Crippen molar-refractivity contribution in [1.82, 2.24) is 0 Å². The molecule has 0 saturated carbocycles. The zero-order chi connectivity index (χ0) is 22.6. The minimum Gasteiger partial charge on any atom is -0.465 e. The van der Waals surface area contributed by atoms with Gasteiger partial charge in [-0.3, -0.25) is 9.59 Å². The first kappa shape index (κ1) is 26.6. The normalized spacial score (nSPS) is 15.7. The van der Waals surface area contributed by atoms with Crippen LogP contribution in [-0.4, -0.2) is 37.3 Å². The lowest BCUT2D eigenvalue weighted by Gasteiger charge is -2.44. The van der Waals surface area contributed by atoms with Crippen molar-refractivity contribution in [3.8, 4) is 0 Å². The molecule has 166 valence electrons. The number of carbonyl (C=O) groups excluding carboxylic acids is 2. The topological polar surface area (TPSA) is 52.6 Å². The number of hydrogen-bond donors (Lipinski definition) is 0. The highest BCUT2D eigenvalue weighted by Crippen LogP contribution is 2.48. The first-order valence-electron chi connectivity index (χ1n) is 9.06. The molecule has 1 unspecified atom stereocenters. The van der Waals surface area contributed by atoms with E-state index in [4.69, 9.17) is 4.74 Å². The average molecular weight is 418 g/mol. The number of hydrogen-bond acceptors (Lipinski definition) is 4. The first-order chi connectivity index (χ1) is 12.3. The first-order valence-corrected chi connectivity index (χ1v) is 9.06. The molecule has 0 rings (SSSR count). The maximum absolute atomic E-state index is 12.7. The van der Waals surface area contributed by atoms with Crippen LogP contribution in [0.3, 0.4) is 0 Å². The molecule has 0 heterocycles. The second kappa shape index (κ2) is 8.95. The van der Waals surface area contributed by atoms with Crippen molar-refractivity contribution < 1.29 is 41.0 Å². The summed E-state index contributed by atoms with van der Waals surface area (Å²) < 4.78 is 70.7. The Bertz CT molecular complexity index is 550. The van der Waals surface area contributed by atoms with Crippen LogP contribution in [0.4, 0.5) is 22.0 Å². The van der Waals surface area contributed by atoms with Gasteiger partial charge in [0.1, 0.15) is 6.61 Å². The monoisotopic (exact) mass is 418 g/mol. The Hall–Kier alpha value is -1.41. The molecule has 1 atom stereocenters. The minimum absolute atomic E-state index is 0.150. The Balaban J connectivity index is 4.83. The molecule has 0 aliphatic carbocycles. The molecule has 0 aliphatic heterocycles. The van der Waals surface area contributed by atoms with Gasteiger partial charge in [0.05, 0.1) is 11.8 Å². The summed E-state index contributed by atoms with van der Waals surface area (Å²) in [4.78, 5) is 24.1. The van der Waals surface area contributed by atoms with E-state index >= 15 is 0 Å². The quantitative estimate of drug-likeness (QED) is 0.364. The Morgan fingerprint density at radius 2 is 1.36 bits per heavy atom. The molecule has 0 fully saturated rings. The summed E-state index contributed by atoms with van der Waals surface area (Å²) in [5.41, 5.74) is -1.51. The van der Waals surface area contributed by atoms with Gasteiger partial charge in [-0.05, 0) is 24.2 Å². The van der Waals surface area contributed by atoms with E-state index in [1.54, 1.807) is 6.92 Å². The maximum atomic E-state index is 12.7. The summed E-state index contributed by atoms with van der Waals surface area (Å²) in [6.45, 7) is 10.9. The molecule has 0 saturated heterocycles. The Kier molecular flexibility index (Phi) is 8.50. The van der Waals surface area contributed by atoms with E-state index in [1.807, 2.05) is 41.5 Å². The van der Waals surface area contributed by atoms with Gasteiger partial charge in [0.2, 0.25) is 0 Å². The number of halogens is 5. The highest BCUT2D eigenvalue weighted by Gasteiger charge is 2.58. The van der Waals surface area contributed by atoms with Crippen LogP contribution < -0.4 is 0 Å². The largest absolute Gasteiger partial charge is 0.465 e. The molecular weight excluding hydrogens is 387 g/mol. The molecule has 0 amide bonds. The lowest BCUT2D eigenvalue weighted by molar-refractivity contribution is -0.294. The number of carbonyl (C=O) groups is 2. The van der Waals surface area contributed by atoms with Gasteiger partial charge in [0.25, 0.3) is 0 Å². The zero-order valence-corrected chi connectivity index (χ0v) is 17.6. The highest BCUT2D eigenvalue weighted by atomic mass is 19.4. The van der Waals surface area contributed by atoms with Crippen molar-refractivity contribution >= 4 is 11.9 Å². The number of alkyl halides is 5. The second-order valence-electron chi connectivity index (χ2n) is 9.03. The summed E-state index contributed by atoms with van der Waals surface area (Å²) in [6, 6.07) is 0. The molecule has 0 spiro atoms. The summed E-state index contributed by atoms with van der Waals surface area (Å²) in [6.07, 6.45) is -5.08. The molecule has 0 aromatic heterocycles. The molecule has 0 radical (unpaired) electrons. The Labute approximate surface area is 163 Å². The molecule has 0 aromatic rings. The van der Waals surface area contributed by atoms with E-state index < -0.39 is 54.5 Å². The molecule has 0 bridgehead atoms. The van der Waals surface area contributed by atoms with E-state index in [9.17, 15) is 31.5 Å². The van der Waals surface area contributed by atoms with Crippen molar-refractivity contribution in [1.29, 1.82) is 0 Å². The van der Waals surface area contributed by atoms with Gasteiger partial charge in [0, 0.05) is 0 Å². The molecule has 0 aromatic carbocycles. The zero-order valence-electron chi connectivity index (χ0n) is 17.6. The molecular formula is C19H31F5O4. The van der Waals surface area contributed by atoms with Crippen molar-refractivity contribution in [2.75, 3.05) is 13.2 Å².